The zero-order valence-corrected chi connectivity index (χ0v) is 23.5. The van der Waals surface area contributed by atoms with Gasteiger partial charge >= 0.3 is 0 Å². The second-order valence-corrected chi connectivity index (χ2v) is 11.4. The van der Waals surface area contributed by atoms with Gasteiger partial charge in [0.25, 0.3) is 0 Å². The molecular formula is C34H42O6. The maximum atomic E-state index is 11.1. The Hall–Kier alpha value is -2.58. The molecule has 6 nitrogen and oxygen atoms in total. The quantitative estimate of drug-likeness (QED) is 0.395. The molecule has 2 aromatic rings. The van der Waals surface area contributed by atoms with Gasteiger partial charge in [-0.15, -0.1) is 0 Å². The van der Waals surface area contributed by atoms with E-state index < -0.39 is 24.1 Å². The summed E-state index contributed by atoms with van der Waals surface area (Å²) in [5.41, 5.74) is 4.84. The largest absolute Gasteiger partial charge is 0.390 e. The Morgan fingerprint density at radius 1 is 0.900 bits per heavy atom. The molecule has 0 saturated carbocycles. The lowest BCUT2D eigenvalue weighted by atomic mass is 9.79. The maximum Gasteiger partial charge on any atom is 0.192 e. The van der Waals surface area contributed by atoms with Crippen LogP contribution in [0.5, 0.6) is 0 Å². The highest BCUT2D eigenvalue weighted by Crippen LogP contribution is 2.47. The van der Waals surface area contributed by atoms with E-state index in [0.717, 1.165) is 40.7 Å². The molecular weight excluding hydrogens is 504 g/mol. The summed E-state index contributed by atoms with van der Waals surface area (Å²) in [6.45, 7) is 16.8. The van der Waals surface area contributed by atoms with E-state index in [1.54, 1.807) is 0 Å². The molecule has 6 heteroatoms. The van der Waals surface area contributed by atoms with Gasteiger partial charge in [0, 0.05) is 6.42 Å². The van der Waals surface area contributed by atoms with Gasteiger partial charge in [-0.25, -0.2) is 0 Å². The first-order valence-electron chi connectivity index (χ1n) is 14.3. The highest BCUT2D eigenvalue weighted by Gasteiger charge is 2.52. The number of aliphatic hydroxyl groups is 1. The lowest BCUT2D eigenvalue weighted by molar-refractivity contribution is -0.308. The smallest absolute Gasteiger partial charge is 0.192 e. The van der Waals surface area contributed by atoms with Gasteiger partial charge in [0.1, 0.15) is 18.3 Å². The molecule has 40 heavy (non-hydrogen) atoms. The third-order valence-electron chi connectivity index (χ3n) is 8.28. The monoisotopic (exact) mass is 546 g/mol. The minimum Gasteiger partial charge on any atom is -0.390 e. The van der Waals surface area contributed by atoms with Crippen molar-refractivity contribution < 1.29 is 28.8 Å². The fourth-order valence-corrected chi connectivity index (χ4v) is 5.84. The first-order chi connectivity index (χ1) is 19.3. The SMILES string of the molecule is C=C1C[C@H](O)[C@@H]([C@@H]2O[C@]3(C[C@@H](C)C2=C)O[C@H](COCc2ccccc2)CCC3=C)O[C@H]1COCc1ccccc1. The van der Waals surface area contributed by atoms with Crippen molar-refractivity contribution in [2.24, 2.45) is 5.92 Å². The van der Waals surface area contributed by atoms with Crippen LogP contribution in [-0.4, -0.2) is 54.6 Å². The molecule has 0 amide bonds. The third-order valence-corrected chi connectivity index (χ3v) is 8.28. The Bertz CT molecular complexity index is 1160. The van der Waals surface area contributed by atoms with Crippen molar-refractivity contribution in [1.82, 2.24) is 0 Å². The summed E-state index contributed by atoms with van der Waals surface area (Å²) in [5.74, 6) is -0.880. The van der Waals surface area contributed by atoms with Crippen molar-refractivity contribution in [2.45, 2.75) is 82.1 Å². The molecule has 3 heterocycles. The Morgan fingerprint density at radius 2 is 1.52 bits per heavy atom. The molecule has 5 rings (SSSR count). The van der Waals surface area contributed by atoms with Crippen molar-refractivity contribution in [1.29, 1.82) is 0 Å². The van der Waals surface area contributed by atoms with Gasteiger partial charge in [-0.1, -0.05) is 87.3 Å². The van der Waals surface area contributed by atoms with Crippen molar-refractivity contribution in [2.75, 3.05) is 13.2 Å². The maximum absolute atomic E-state index is 11.1. The summed E-state index contributed by atoms with van der Waals surface area (Å²) in [6.07, 6.45) is 0.225. The van der Waals surface area contributed by atoms with Gasteiger partial charge in [0.05, 0.1) is 38.6 Å². The predicted octanol–water partition coefficient (Wildman–Crippen LogP) is 5.91. The Kier molecular flexibility index (Phi) is 9.36. The van der Waals surface area contributed by atoms with Crippen molar-refractivity contribution in [3.05, 3.63) is 108 Å². The van der Waals surface area contributed by atoms with Gasteiger partial charge in [-0.2, -0.15) is 0 Å². The van der Waals surface area contributed by atoms with Gasteiger partial charge in [0.15, 0.2) is 5.79 Å². The van der Waals surface area contributed by atoms with Crippen LogP contribution >= 0.6 is 0 Å². The summed E-state index contributed by atoms with van der Waals surface area (Å²) in [7, 11) is 0. The van der Waals surface area contributed by atoms with E-state index in [-0.39, 0.29) is 18.1 Å². The van der Waals surface area contributed by atoms with Crippen LogP contribution in [0, 0.1) is 5.92 Å². The van der Waals surface area contributed by atoms with E-state index in [9.17, 15) is 5.11 Å². The Morgan fingerprint density at radius 3 is 2.17 bits per heavy atom. The number of aliphatic hydroxyl groups excluding tert-OH is 1. The van der Waals surface area contributed by atoms with Crippen LogP contribution in [-0.2, 0) is 36.9 Å². The van der Waals surface area contributed by atoms with Gasteiger partial charge in [-0.05, 0) is 53.0 Å². The average Bonchev–Trinajstić information content (AvgIpc) is 2.95. The molecule has 2 aromatic carbocycles. The molecule has 3 aliphatic rings. The molecule has 0 aliphatic carbocycles. The fraction of sp³-hybridized carbons (Fsp3) is 0.471. The lowest BCUT2D eigenvalue weighted by Gasteiger charge is -2.52. The van der Waals surface area contributed by atoms with E-state index in [1.807, 2.05) is 48.5 Å². The third kappa shape index (κ3) is 6.65. The summed E-state index contributed by atoms with van der Waals surface area (Å²) in [6, 6.07) is 20.1. The summed E-state index contributed by atoms with van der Waals surface area (Å²) < 4.78 is 31.8. The molecule has 0 aromatic heterocycles. The summed E-state index contributed by atoms with van der Waals surface area (Å²) in [5, 5.41) is 11.1. The summed E-state index contributed by atoms with van der Waals surface area (Å²) in [4.78, 5) is 0. The van der Waals surface area contributed by atoms with E-state index >= 15 is 0 Å². The lowest BCUT2D eigenvalue weighted by Crippen LogP contribution is -2.59. The van der Waals surface area contributed by atoms with Gasteiger partial charge in [0.2, 0.25) is 0 Å². The van der Waals surface area contributed by atoms with Crippen molar-refractivity contribution in [3.63, 3.8) is 0 Å². The topological polar surface area (TPSA) is 66.4 Å². The van der Waals surface area contributed by atoms with Gasteiger partial charge < -0.3 is 28.8 Å². The van der Waals surface area contributed by atoms with E-state index in [1.165, 1.54) is 0 Å². The molecule has 7 atom stereocenters. The predicted molar refractivity (Wildman–Crippen MR) is 154 cm³/mol. The van der Waals surface area contributed by atoms with Crippen LogP contribution in [0.25, 0.3) is 0 Å². The second kappa shape index (κ2) is 12.9. The standard InChI is InChI=1S/C34H42O6/c1-23-17-30(35)33(38-31(23)22-37-20-28-13-9-6-10-14-28)32-26(4)24(2)18-34(40-32)25(3)15-16-29(39-34)21-36-19-27-11-7-5-8-12-27/h5-14,24,29-33,35H,1,3-4,15-22H2,2H3/t24-,29+,30+,31+,32-,33+,34+/m1/s1. The number of hydrogen-bond acceptors (Lipinski definition) is 6. The first kappa shape index (κ1) is 28.9. The van der Waals surface area contributed by atoms with Crippen LogP contribution in [0.4, 0.5) is 0 Å². The van der Waals surface area contributed by atoms with Crippen LogP contribution in [0.2, 0.25) is 0 Å². The molecule has 3 fully saturated rings. The van der Waals surface area contributed by atoms with Crippen LogP contribution in [0.15, 0.2) is 97.1 Å². The number of ether oxygens (including phenoxy) is 5. The van der Waals surface area contributed by atoms with Crippen LogP contribution in [0.1, 0.15) is 43.7 Å². The zero-order valence-electron chi connectivity index (χ0n) is 23.5. The number of hydrogen-bond donors (Lipinski definition) is 1. The number of benzene rings is 2. The Balaban J connectivity index is 1.24. The molecule has 214 valence electrons. The zero-order chi connectivity index (χ0) is 28.1. The van der Waals surface area contributed by atoms with Gasteiger partial charge in [-0.3, -0.25) is 0 Å². The highest BCUT2D eigenvalue weighted by atomic mass is 16.7. The van der Waals surface area contributed by atoms with Crippen molar-refractivity contribution >= 4 is 0 Å². The second-order valence-electron chi connectivity index (χ2n) is 11.4. The molecule has 1 spiro atoms. The van der Waals surface area contributed by atoms with E-state index in [2.05, 4.69) is 38.8 Å². The Labute approximate surface area is 238 Å². The normalized spacial score (nSPS) is 32.9. The molecule has 0 bridgehead atoms. The van der Waals surface area contributed by atoms with E-state index in [4.69, 9.17) is 23.7 Å². The molecule has 0 unspecified atom stereocenters. The summed E-state index contributed by atoms with van der Waals surface area (Å²) >= 11 is 0. The van der Waals surface area contributed by atoms with Crippen molar-refractivity contribution in [3.8, 4) is 0 Å². The minimum atomic E-state index is -0.971. The molecule has 1 N–H and O–H groups in total. The first-order valence-corrected chi connectivity index (χ1v) is 14.3. The van der Waals surface area contributed by atoms with E-state index in [0.29, 0.717) is 39.3 Å². The van der Waals surface area contributed by atoms with Crippen LogP contribution in [0.3, 0.4) is 0 Å². The minimum absolute atomic E-state index is 0.0909. The number of rotatable bonds is 9. The average molecular weight is 547 g/mol. The van der Waals surface area contributed by atoms with Crippen LogP contribution < -0.4 is 0 Å². The molecule has 3 saturated heterocycles. The molecule has 3 aliphatic heterocycles. The highest BCUT2D eigenvalue weighted by molar-refractivity contribution is 5.24. The molecule has 0 radical (unpaired) electrons. The fourth-order valence-electron chi connectivity index (χ4n) is 5.84.